The molecule has 0 aliphatic carbocycles. The van der Waals surface area contributed by atoms with Gasteiger partial charge in [-0.3, -0.25) is 10.1 Å². The average molecular weight is 463 g/mol. The minimum atomic E-state index is -5.00. The first kappa shape index (κ1) is 23.7. The molecule has 2 aliphatic rings. The molecule has 2 aliphatic heterocycles. The van der Waals surface area contributed by atoms with Crippen LogP contribution in [-0.2, 0) is 15.0 Å². The van der Waals surface area contributed by atoms with Gasteiger partial charge >= 0.3 is 12.3 Å². The van der Waals surface area contributed by atoms with E-state index in [4.69, 9.17) is 9.47 Å². The zero-order valence-electron chi connectivity index (χ0n) is 17.5. The van der Waals surface area contributed by atoms with E-state index in [2.05, 4.69) is 4.99 Å². The number of amidine groups is 1. The van der Waals surface area contributed by atoms with Crippen LogP contribution in [0.25, 0.3) is 0 Å². The molecule has 0 aromatic heterocycles. The van der Waals surface area contributed by atoms with Gasteiger partial charge < -0.3 is 14.6 Å². The quantitative estimate of drug-likeness (QED) is 0.402. The van der Waals surface area contributed by atoms with E-state index in [-0.39, 0.29) is 0 Å². The summed E-state index contributed by atoms with van der Waals surface area (Å²) in [5.41, 5.74) is -4.45. The first-order valence-corrected chi connectivity index (χ1v) is 9.52. The Kier molecular flexibility index (Phi) is 5.61. The van der Waals surface area contributed by atoms with E-state index in [1.807, 2.05) is 0 Å². The number of nitro benzene ring substituents is 1. The summed E-state index contributed by atoms with van der Waals surface area (Å²) in [5, 5.41) is 20.9. The second-order valence-corrected chi connectivity index (χ2v) is 8.65. The van der Waals surface area contributed by atoms with Crippen molar-refractivity contribution in [2.75, 3.05) is 6.61 Å². The molecule has 0 spiro atoms. The average Bonchev–Trinajstić information content (AvgIpc) is 2.96. The van der Waals surface area contributed by atoms with Crippen LogP contribution in [-0.4, -0.2) is 57.6 Å². The van der Waals surface area contributed by atoms with Gasteiger partial charge in [-0.15, -0.1) is 0 Å². The number of carboxylic acid groups (broad SMARTS) is 1. The predicted octanol–water partition coefficient (Wildman–Crippen LogP) is 4.06. The number of nitro groups is 1. The fourth-order valence-electron chi connectivity index (χ4n) is 4.14. The van der Waals surface area contributed by atoms with Crippen LogP contribution in [0, 0.1) is 21.8 Å². The maximum atomic E-state index is 14.9. The Bertz CT molecular complexity index is 977. The van der Waals surface area contributed by atoms with Crippen LogP contribution in [0.5, 0.6) is 0 Å². The zero-order chi connectivity index (χ0) is 24.2. The number of rotatable bonds is 2. The number of amides is 1. The van der Waals surface area contributed by atoms with Gasteiger partial charge in [0.15, 0.2) is 0 Å². The zero-order valence-corrected chi connectivity index (χ0v) is 17.5. The van der Waals surface area contributed by atoms with Gasteiger partial charge in [0.2, 0.25) is 6.10 Å². The third-order valence-electron chi connectivity index (χ3n) is 5.48. The van der Waals surface area contributed by atoms with E-state index >= 15 is 0 Å². The van der Waals surface area contributed by atoms with Crippen molar-refractivity contribution in [3.8, 4) is 0 Å². The van der Waals surface area contributed by atoms with E-state index in [0.717, 1.165) is 18.2 Å². The van der Waals surface area contributed by atoms with Gasteiger partial charge in [-0.2, -0.15) is 13.2 Å². The third kappa shape index (κ3) is 3.85. The van der Waals surface area contributed by atoms with Gasteiger partial charge in [0.05, 0.1) is 23.6 Å². The SMILES string of the molecule is C[C@H]1OC[C@]2(c3cc([N+](=O)[O-])ccc3F)N=C(N(C(=O)O)C(C)(C)C)O[C@H](C(F)(F)F)[C@H]12. The summed E-state index contributed by atoms with van der Waals surface area (Å²) >= 11 is 0. The molecule has 176 valence electrons. The van der Waals surface area contributed by atoms with Crippen LogP contribution >= 0.6 is 0 Å². The number of benzene rings is 1. The molecule has 0 saturated carbocycles. The number of non-ortho nitro benzene ring substituents is 1. The van der Waals surface area contributed by atoms with Gasteiger partial charge in [0, 0.05) is 23.2 Å². The highest BCUT2D eigenvalue weighted by atomic mass is 19.4. The molecule has 1 aromatic rings. The predicted molar refractivity (Wildman–Crippen MR) is 102 cm³/mol. The fraction of sp³-hybridized carbons (Fsp3) is 0.579. The summed E-state index contributed by atoms with van der Waals surface area (Å²) in [7, 11) is 0. The third-order valence-corrected chi connectivity index (χ3v) is 5.48. The minimum Gasteiger partial charge on any atom is -0.465 e. The molecule has 1 aromatic carbocycles. The first-order valence-electron chi connectivity index (χ1n) is 9.52. The molecule has 32 heavy (non-hydrogen) atoms. The number of hydrogen-bond donors (Lipinski definition) is 1. The molecule has 1 N–H and O–H groups in total. The second kappa shape index (κ2) is 7.57. The Balaban J connectivity index is 2.35. The van der Waals surface area contributed by atoms with E-state index in [0.29, 0.717) is 4.90 Å². The van der Waals surface area contributed by atoms with Gasteiger partial charge in [-0.05, 0) is 33.8 Å². The van der Waals surface area contributed by atoms with Crippen molar-refractivity contribution >= 4 is 17.8 Å². The lowest BCUT2D eigenvalue weighted by molar-refractivity contribution is -0.385. The molecule has 3 rings (SSSR count). The van der Waals surface area contributed by atoms with Crippen molar-refractivity contribution in [3.05, 3.63) is 39.7 Å². The Hall–Kier alpha value is -2.96. The van der Waals surface area contributed by atoms with Crippen LogP contribution in [0.2, 0.25) is 0 Å². The second-order valence-electron chi connectivity index (χ2n) is 8.65. The maximum absolute atomic E-state index is 14.9. The van der Waals surface area contributed by atoms with Crippen molar-refractivity contribution in [2.45, 2.75) is 57.2 Å². The van der Waals surface area contributed by atoms with Gasteiger partial charge in [-0.1, -0.05) is 0 Å². The number of carbonyl (C=O) groups is 1. The number of nitrogens with zero attached hydrogens (tertiary/aromatic N) is 3. The minimum absolute atomic E-state index is 0.502. The molecule has 9 nitrogen and oxygen atoms in total. The van der Waals surface area contributed by atoms with E-state index in [1.165, 1.54) is 27.7 Å². The lowest BCUT2D eigenvalue weighted by Gasteiger charge is -2.45. The van der Waals surface area contributed by atoms with Crippen molar-refractivity contribution in [1.82, 2.24) is 4.90 Å². The summed E-state index contributed by atoms with van der Waals surface area (Å²) in [6.07, 6.45) is -10.4. The molecule has 1 amide bonds. The number of fused-ring (bicyclic) bond motifs is 1. The summed E-state index contributed by atoms with van der Waals surface area (Å²) in [5.74, 6) is -2.67. The standard InChI is InChI=1S/C19H21F4N3O6/c1-9-13-14(19(21,22)23)32-15(25(16(27)28)17(2,3)4)24-18(13,8-31-9)11-7-10(26(29)30)5-6-12(11)20/h5-7,9,13-14H,8H2,1-4H3,(H,27,28)/t9-,13+,14+,18-/m1/s1. The highest BCUT2D eigenvalue weighted by Gasteiger charge is 2.65. The van der Waals surface area contributed by atoms with Crippen LogP contribution in [0.1, 0.15) is 33.3 Å². The van der Waals surface area contributed by atoms with Crippen LogP contribution < -0.4 is 0 Å². The maximum Gasteiger partial charge on any atom is 0.426 e. The van der Waals surface area contributed by atoms with Crippen molar-refractivity contribution in [3.63, 3.8) is 0 Å². The monoisotopic (exact) mass is 463 g/mol. The molecular formula is C19H21F4N3O6. The molecular weight excluding hydrogens is 442 g/mol. The molecule has 0 unspecified atom stereocenters. The summed E-state index contributed by atoms with van der Waals surface area (Å²) in [6.45, 7) is 5.00. The normalized spacial score (nSPS) is 27.9. The Morgan fingerprint density at radius 2 is 1.97 bits per heavy atom. The Labute approximate surface area is 179 Å². The van der Waals surface area contributed by atoms with E-state index in [1.54, 1.807) is 0 Å². The van der Waals surface area contributed by atoms with Crippen LogP contribution in [0.15, 0.2) is 23.2 Å². The molecule has 0 radical (unpaired) electrons. The molecule has 1 saturated heterocycles. The number of ether oxygens (including phenoxy) is 2. The number of aliphatic imine (C=N–C) groups is 1. The van der Waals surface area contributed by atoms with E-state index in [9.17, 15) is 37.6 Å². The summed E-state index contributed by atoms with van der Waals surface area (Å²) < 4.78 is 67.7. The first-order chi connectivity index (χ1) is 14.6. The fourth-order valence-corrected chi connectivity index (χ4v) is 4.14. The Morgan fingerprint density at radius 1 is 1.34 bits per heavy atom. The smallest absolute Gasteiger partial charge is 0.426 e. The number of halogens is 4. The highest BCUT2D eigenvalue weighted by Crippen LogP contribution is 2.52. The van der Waals surface area contributed by atoms with Gasteiger partial charge in [-0.25, -0.2) is 19.1 Å². The largest absolute Gasteiger partial charge is 0.465 e. The lowest BCUT2D eigenvalue weighted by atomic mass is 9.74. The van der Waals surface area contributed by atoms with Crippen molar-refractivity contribution in [2.24, 2.45) is 10.9 Å². The van der Waals surface area contributed by atoms with Gasteiger partial charge in [0.1, 0.15) is 11.4 Å². The van der Waals surface area contributed by atoms with Crippen molar-refractivity contribution < 1.29 is 41.9 Å². The highest BCUT2D eigenvalue weighted by molar-refractivity contribution is 5.91. The topological polar surface area (TPSA) is 114 Å². The van der Waals surface area contributed by atoms with Crippen LogP contribution in [0.3, 0.4) is 0 Å². The molecule has 13 heteroatoms. The summed E-state index contributed by atoms with van der Waals surface area (Å²) in [4.78, 5) is 27.0. The molecule has 0 bridgehead atoms. The number of hydrogen-bond acceptors (Lipinski definition) is 6. The van der Waals surface area contributed by atoms with E-state index < -0.39 is 76.1 Å². The molecule has 1 fully saturated rings. The summed E-state index contributed by atoms with van der Waals surface area (Å²) in [6, 6.07) is 1.53. The molecule has 4 atom stereocenters. The van der Waals surface area contributed by atoms with Crippen molar-refractivity contribution in [1.29, 1.82) is 0 Å². The molecule has 2 heterocycles. The van der Waals surface area contributed by atoms with Gasteiger partial charge in [0.25, 0.3) is 11.7 Å². The van der Waals surface area contributed by atoms with Crippen LogP contribution in [0.4, 0.5) is 28.0 Å². The number of alkyl halides is 3. The lowest BCUT2D eigenvalue weighted by Crippen LogP contribution is -2.60. The Morgan fingerprint density at radius 3 is 2.47 bits per heavy atom.